The van der Waals surface area contributed by atoms with Crippen molar-refractivity contribution in [3.63, 3.8) is 0 Å². The molecule has 494 valence electrons. The van der Waals surface area contributed by atoms with Crippen LogP contribution in [0.5, 0.6) is 0 Å². The molecule has 5 saturated heterocycles. The number of hydrogen-bond acceptors (Lipinski definition) is 27. The summed E-state index contributed by atoms with van der Waals surface area (Å²) < 4.78 is 59.8. The Labute approximate surface area is 499 Å². The molecule has 27 nitrogen and oxygen atoms in total. The van der Waals surface area contributed by atoms with Crippen LogP contribution in [-0.2, 0) is 52.2 Å². The average molecular weight is 1240 g/mol. The summed E-state index contributed by atoms with van der Waals surface area (Å²) in [4.78, 5) is 15.2. The third-order valence-electron chi connectivity index (χ3n) is 23.3. The molecule has 4 saturated carbocycles. The summed E-state index contributed by atoms with van der Waals surface area (Å²) in [6, 6.07) is 0. The predicted molar refractivity (Wildman–Crippen MR) is 289 cm³/mol. The molecule has 0 radical (unpaired) electrons. The molecule has 0 amide bonds. The van der Waals surface area contributed by atoms with Crippen molar-refractivity contribution >= 4 is 5.97 Å². The largest absolute Gasteiger partial charge is 0.432 e. The van der Waals surface area contributed by atoms with Crippen LogP contribution in [0, 0.1) is 50.2 Å². The van der Waals surface area contributed by atoms with Crippen molar-refractivity contribution in [1.29, 1.82) is 0 Å². The minimum atomic E-state index is -1.90. The number of esters is 1. The van der Waals surface area contributed by atoms with E-state index in [0.717, 1.165) is 12.0 Å². The van der Waals surface area contributed by atoms with Crippen molar-refractivity contribution < 1.29 is 134 Å². The van der Waals surface area contributed by atoms with Crippen LogP contribution < -0.4 is 0 Å². The molecule has 27 heteroatoms. The molecule has 0 aromatic carbocycles. The molecule has 10 aliphatic rings. The van der Waals surface area contributed by atoms with Gasteiger partial charge in [-0.25, -0.2) is 0 Å². The second kappa shape index (κ2) is 24.9. The third-order valence-corrected chi connectivity index (χ3v) is 23.3. The molecule has 0 bridgehead atoms. The molecule has 10 rings (SSSR count). The van der Waals surface area contributed by atoms with Crippen LogP contribution in [0.2, 0.25) is 0 Å². The molecule has 5 aliphatic carbocycles. The van der Waals surface area contributed by atoms with Crippen molar-refractivity contribution in [1.82, 2.24) is 0 Å². The lowest BCUT2D eigenvalue weighted by atomic mass is 9.33. The summed E-state index contributed by atoms with van der Waals surface area (Å²) in [5.74, 6) is -0.967. The quantitative estimate of drug-likeness (QED) is 0.0454. The van der Waals surface area contributed by atoms with E-state index in [-0.39, 0.29) is 47.2 Å². The minimum absolute atomic E-state index is 0.0815. The lowest BCUT2D eigenvalue weighted by Gasteiger charge is -2.71. The normalized spacial score (nSPS) is 54.8. The van der Waals surface area contributed by atoms with E-state index >= 15 is 4.79 Å². The second-order valence-corrected chi connectivity index (χ2v) is 28.5. The van der Waals surface area contributed by atoms with Crippen LogP contribution in [0.15, 0.2) is 11.6 Å². The van der Waals surface area contributed by atoms with Gasteiger partial charge in [-0.2, -0.15) is 0 Å². The predicted octanol–water partition coefficient (Wildman–Crippen LogP) is -3.57. The van der Waals surface area contributed by atoms with Crippen molar-refractivity contribution in [3.8, 4) is 0 Å². The van der Waals surface area contributed by atoms with E-state index in [1.165, 1.54) is 6.92 Å². The Hall–Kier alpha value is -1.79. The SMILES string of the molecule is C[C@@H]1O[C@@H](O[C@H]2[C@H](O[C@H]3CC[C@@]4(C)[C@@H](CC[C@]5(C)[C@@H]4CC=C4[C@@H]6CC(C)(C)CC[C@]6(C(=O)O[C@@H]6O[C@H](CO)[C@@H](O)[C@H](O[C@@H]7O[C@H](CO)[C@@H](O)[C@H](O)[C@H]7O)[C@H]6O)CC[C@]45C)[C@]3(C)CO)OC[C@@H](O)[C@@H]2O)[C@H](O)[C@H](O[C@@H]2O[C@H](CO)[C@@H](O)[C@H](O)[C@H]2O)[C@H]1O. The highest BCUT2D eigenvalue weighted by molar-refractivity contribution is 5.79. The summed E-state index contributed by atoms with van der Waals surface area (Å²) in [7, 11) is 0. The highest BCUT2D eigenvalue weighted by Crippen LogP contribution is 2.76. The molecular weight excluding hydrogens is 1140 g/mol. The van der Waals surface area contributed by atoms with Crippen LogP contribution in [0.3, 0.4) is 0 Å². The first kappa shape index (κ1) is 67.1. The highest BCUT2D eigenvalue weighted by Gasteiger charge is 2.71. The number of aliphatic hydroxyl groups is 16. The van der Waals surface area contributed by atoms with Crippen LogP contribution in [0.25, 0.3) is 0 Å². The summed E-state index contributed by atoms with van der Waals surface area (Å²) in [5.41, 5.74) is -2.14. The van der Waals surface area contributed by atoms with E-state index in [0.29, 0.717) is 57.8 Å². The fourth-order valence-corrected chi connectivity index (χ4v) is 17.7. The number of carbonyl (C=O) groups excluding carboxylic acids is 1. The Bertz CT molecular complexity index is 2380. The van der Waals surface area contributed by atoms with Crippen molar-refractivity contribution in [2.45, 2.75) is 266 Å². The van der Waals surface area contributed by atoms with Gasteiger partial charge in [0.2, 0.25) is 6.29 Å². The molecule has 9 fully saturated rings. The minimum Gasteiger partial charge on any atom is -0.432 e. The summed E-state index contributed by atoms with van der Waals surface area (Å²) in [6.45, 7) is 11.8. The molecule has 33 atom stereocenters. The van der Waals surface area contributed by atoms with Crippen molar-refractivity contribution in [2.24, 2.45) is 50.2 Å². The molecule has 0 aromatic heterocycles. The monoisotopic (exact) mass is 1240 g/mol. The van der Waals surface area contributed by atoms with E-state index in [4.69, 9.17) is 47.4 Å². The molecule has 0 spiro atoms. The van der Waals surface area contributed by atoms with Gasteiger partial charge in [-0.15, -0.1) is 0 Å². The smallest absolute Gasteiger partial charge is 0.315 e. The van der Waals surface area contributed by atoms with E-state index in [1.54, 1.807) is 0 Å². The number of carbonyl (C=O) groups is 1. The van der Waals surface area contributed by atoms with Crippen LogP contribution in [-0.4, -0.2) is 274 Å². The van der Waals surface area contributed by atoms with Gasteiger partial charge in [0.15, 0.2) is 25.2 Å². The number of rotatable bonds is 14. The number of aliphatic hydroxyl groups excluding tert-OH is 16. The maximum atomic E-state index is 15.2. The summed E-state index contributed by atoms with van der Waals surface area (Å²) in [5, 5.41) is 173. The molecule has 5 heterocycles. The molecule has 16 N–H and O–H groups in total. The summed E-state index contributed by atoms with van der Waals surface area (Å²) in [6.07, 6.45) is -31.9. The van der Waals surface area contributed by atoms with Gasteiger partial charge < -0.3 is 129 Å². The van der Waals surface area contributed by atoms with Gasteiger partial charge in [-0.1, -0.05) is 53.2 Å². The average Bonchev–Trinajstić information content (AvgIpc) is 0.734. The molecular formula is C59H96O27. The molecule has 5 aliphatic heterocycles. The van der Waals surface area contributed by atoms with Crippen LogP contribution in [0.1, 0.15) is 113 Å². The maximum Gasteiger partial charge on any atom is 0.315 e. The number of fused-ring (bicyclic) bond motifs is 7. The topological polar surface area (TPSA) is 433 Å². The van der Waals surface area contributed by atoms with Gasteiger partial charge in [-0.3, -0.25) is 4.79 Å². The Kier molecular flexibility index (Phi) is 19.4. The standard InChI is InChI=1S/C59H96O27/c1-24-34(65)45(83-48-41(72)39(70)36(67)28(19-60)79-48)43(74)50(78-24)85-47-35(66)27(64)22-77-52(47)82-33-11-12-55(4)31(56(33,5)23-63)10-13-58(7)32(55)9-8-25-26-18-54(2,3)14-16-59(26,17-15-57(25,58)6)53(76)86-51-44(75)46(38(69)30(21-62)81-51)84-49-42(73)40(71)37(68)29(20-61)80-49/h8,24,26-52,60-75H,9-23H2,1-7H3/t24-,26-,27+,28+,29+,30+,31+,32+,33-,34-,35-,36+,37+,38+,39-,40-,41+,42+,43+,44+,45+,46-,47+,48-,49-,50-,51-,52-,55-,56-,57+,58+,59-/m0/s1. The first-order chi connectivity index (χ1) is 40.4. The Morgan fingerprint density at radius 3 is 1.66 bits per heavy atom. The van der Waals surface area contributed by atoms with Gasteiger partial charge >= 0.3 is 5.97 Å². The fourth-order valence-electron chi connectivity index (χ4n) is 17.7. The lowest BCUT2D eigenvalue weighted by molar-refractivity contribution is -0.383. The van der Waals surface area contributed by atoms with Gasteiger partial charge in [0, 0.05) is 5.41 Å². The maximum absolute atomic E-state index is 15.2. The van der Waals surface area contributed by atoms with Crippen molar-refractivity contribution in [2.75, 3.05) is 33.0 Å². The van der Waals surface area contributed by atoms with Gasteiger partial charge in [0.1, 0.15) is 110 Å². The lowest BCUT2D eigenvalue weighted by Crippen LogP contribution is -2.67. The van der Waals surface area contributed by atoms with E-state index in [9.17, 15) is 81.7 Å². The molecule has 0 unspecified atom stereocenters. The highest BCUT2D eigenvalue weighted by atomic mass is 16.8. The number of hydrogen-bond donors (Lipinski definition) is 16. The second-order valence-electron chi connectivity index (χ2n) is 28.5. The fraction of sp³-hybridized carbons (Fsp3) is 0.949. The number of ether oxygens (including phenoxy) is 10. The van der Waals surface area contributed by atoms with Crippen molar-refractivity contribution in [3.05, 3.63) is 11.6 Å². The first-order valence-electron chi connectivity index (χ1n) is 30.8. The summed E-state index contributed by atoms with van der Waals surface area (Å²) >= 11 is 0. The third kappa shape index (κ3) is 11.1. The van der Waals surface area contributed by atoms with Gasteiger partial charge in [0.25, 0.3) is 0 Å². The molecule has 86 heavy (non-hydrogen) atoms. The molecule has 0 aromatic rings. The number of allylic oxidation sites excluding steroid dienone is 2. The van der Waals surface area contributed by atoms with Gasteiger partial charge in [-0.05, 0) is 111 Å². The Morgan fingerprint density at radius 1 is 0.535 bits per heavy atom. The zero-order valence-electron chi connectivity index (χ0n) is 50.0. The van der Waals surface area contributed by atoms with Crippen LogP contribution in [0.4, 0.5) is 0 Å². The van der Waals surface area contributed by atoms with E-state index in [2.05, 4.69) is 40.7 Å². The first-order valence-corrected chi connectivity index (χ1v) is 30.8. The Morgan fingerprint density at radius 2 is 1.07 bits per heavy atom. The van der Waals surface area contributed by atoms with E-state index < -0.39 is 196 Å². The Balaban J connectivity index is 0.863. The zero-order chi connectivity index (χ0) is 62.7. The zero-order valence-corrected chi connectivity index (χ0v) is 50.0. The van der Waals surface area contributed by atoms with Gasteiger partial charge in [0.05, 0.1) is 50.7 Å². The van der Waals surface area contributed by atoms with E-state index in [1.807, 2.05) is 6.92 Å². The van der Waals surface area contributed by atoms with Crippen LogP contribution >= 0.6 is 0 Å².